The van der Waals surface area contributed by atoms with E-state index in [4.69, 9.17) is 0 Å². The van der Waals surface area contributed by atoms with Crippen molar-refractivity contribution in [2.45, 2.75) is 13.5 Å². The van der Waals surface area contributed by atoms with E-state index in [0.717, 1.165) is 22.5 Å². The summed E-state index contributed by atoms with van der Waals surface area (Å²) in [5.41, 5.74) is 4.14. The zero-order valence-electron chi connectivity index (χ0n) is 12.5. The third kappa shape index (κ3) is 3.26. The van der Waals surface area contributed by atoms with E-state index in [1.165, 1.54) is 0 Å². The molecule has 0 spiro atoms. The van der Waals surface area contributed by atoms with Gasteiger partial charge in [-0.25, -0.2) is 0 Å². The number of hydrogen-bond acceptors (Lipinski definition) is 2. The normalized spacial score (nSPS) is 10.4. The van der Waals surface area contributed by atoms with E-state index < -0.39 is 0 Å². The number of aromatic nitrogens is 1. The van der Waals surface area contributed by atoms with Crippen molar-refractivity contribution in [1.29, 1.82) is 0 Å². The lowest BCUT2D eigenvalue weighted by Crippen LogP contribution is -2.17. The third-order valence-electron chi connectivity index (χ3n) is 3.52. The molecule has 0 amide bonds. The predicted molar refractivity (Wildman–Crippen MR) is 90.5 cm³/mol. The predicted octanol–water partition coefficient (Wildman–Crippen LogP) is 3.76. The third-order valence-corrected chi connectivity index (χ3v) is 3.52. The second-order valence-corrected chi connectivity index (χ2v) is 5.30. The molecule has 2 aromatic carbocycles. The van der Waals surface area contributed by atoms with Gasteiger partial charge in [0.25, 0.3) is 5.56 Å². The van der Waals surface area contributed by atoms with Crippen molar-refractivity contribution in [1.82, 2.24) is 4.57 Å². The molecule has 0 aliphatic rings. The molecular formula is C19H18N2O. The Labute approximate surface area is 129 Å². The van der Waals surface area contributed by atoms with Gasteiger partial charge < -0.3 is 5.32 Å². The van der Waals surface area contributed by atoms with E-state index in [-0.39, 0.29) is 5.56 Å². The second kappa shape index (κ2) is 6.31. The van der Waals surface area contributed by atoms with Crippen LogP contribution in [0.5, 0.6) is 0 Å². The standard InChI is InChI=1S/C19H18N2O/c1-15-6-5-9-18(12-15)21-14-16(10-11-19(21)22)13-20-17-7-3-2-4-8-17/h2-12,14,20H,13H2,1H3. The molecule has 1 N–H and O–H groups in total. The number of pyridine rings is 1. The Morgan fingerprint density at radius 3 is 2.55 bits per heavy atom. The highest BCUT2D eigenvalue weighted by molar-refractivity contribution is 5.43. The number of benzene rings is 2. The van der Waals surface area contributed by atoms with Gasteiger partial charge in [0.2, 0.25) is 0 Å². The molecule has 3 aromatic rings. The number of rotatable bonds is 4. The van der Waals surface area contributed by atoms with Crippen molar-refractivity contribution in [3.63, 3.8) is 0 Å². The van der Waals surface area contributed by atoms with E-state index in [1.54, 1.807) is 10.6 Å². The van der Waals surface area contributed by atoms with Gasteiger partial charge >= 0.3 is 0 Å². The maximum absolute atomic E-state index is 12.1. The SMILES string of the molecule is Cc1cccc(-n2cc(CNc3ccccc3)ccc2=O)c1. The zero-order valence-corrected chi connectivity index (χ0v) is 12.5. The van der Waals surface area contributed by atoms with Crippen LogP contribution in [0.25, 0.3) is 5.69 Å². The van der Waals surface area contributed by atoms with E-state index >= 15 is 0 Å². The molecule has 0 aliphatic carbocycles. The molecular weight excluding hydrogens is 272 g/mol. The van der Waals surface area contributed by atoms with Crippen molar-refractivity contribution in [3.8, 4) is 5.69 Å². The molecule has 0 radical (unpaired) electrons. The summed E-state index contributed by atoms with van der Waals surface area (Å²) in [5.74, 6) is 0. The maximum Gasteiger partial charge on any atom is 0.255 e. The number of anilines is 1. The molecule has 0 saturated carbocycles. The van der Waals surface area contributed by atoms with Gasteiger partial charge in [-0.15, -0.1) is 0 Å². The van der Waals surface area contributed by atoms with Crippen molar-refractivity contribution in [2.75, 3.05) is 5.32 Å². The molecule has 3 rings (SSSR count). The largest absolute Gasteiger partial charge is 0.381 e. The monoisotopic (exact) mass is 290 g/mol. The van der Waals surface area contributed by atoms with Crippen LogP contribution in [0.3, 0.4) is 0 Å². The summed E-state index contributed by atoms with van der Waals surface area (Å²) in [4.78, 5) is 12.1. The Morgan fingerprint density at radius 1 is 0.955 bits per heavy atom. The van der Waals surface area contributed by atoms with Crippen LogP contribution in [0, 0.1) is 6.92 Å². The topological polar surface area (TPSA) is 34.0 Å². The zero-order chi connectivity index (χ0) is 15.4. The molecule has 22 heavy (non-hydrogen) atoms. The number of nitrogens with zero attached hydrogens (tertiary/aromatic N) is 1. The molecule has 0 unspecified atom stereocenters. The van der Waals surface area contributed by atoms with Crippen LogP contribution in [0.2, 0.25) is 0 Å². The van der Waals surface area contributed by atoms with E-state index in [0.29, 0.717) is 6.54 Å². The Hall–Kier alpha value is -2.81. The van der Waals surface area contributed by atoms with E-state index in [9.17, 15) is 4.79 Å². The van der Waals surface area contributed by atoms with Crippen LogP contribution in [0.15, 0.2) is 77.7 Å². The fourth-order valence-electron chi connectivity index (χ4n) is 2.38. The highest BCUT2D eigenvalue weighted by Crippen LogP contribution is 2.11. The average molecular weight is 290 g/mol. The van der Waals surface area contributed by atoms with Crippen molar-refractivity contribution in [2.24, 2.45) is 0 Å². The fraction of sp³-hybridized carbons (Fsp3) is 0.105. The van der Waals surface area contributed by atoms with Crippen LogP contribution in [0.4, 0.5) is 5.69 Å². The van der Waals surface area contributed by atoms with Gasteiger partial charge in [-0.2, -0.15) is 0 Å². The van der Waals surface area contributed by atoms with E-state index in [2.05, 4.69) is 5.32 Å². The van der Waals surface area contributed by atoms with Crippen molar-refractivity contribution >= 4 is 5.69 Å². The highest BCUT2D eigenvalue weighted by Gasteiger charge is 2.02. The van der Waals surface area contributed by atoms with Gasteiger partial charge in [-0.3, -0.25) is 9.36 Å². The molecule has 1 aromatic heterocycles. The molecule has 3 heteroatoms. The summed E-state index contributed by atoms with van der Waals surface area (Å²) in [6.45, 7) is 2.70. The summed E-state index contributed by atoms with van der Waals surface area (Å²) >= 11 is 0. The lowest BCUT2D eigenvalue weighted by Gasteiger charge is -2.10. The summed E-state index contributed by atoms with van der Waals surface area (Å²) < 4.78 is 1.69. The minimum absolute atomic E-state index is 0.0194. The number of nitrogens with one attached hydrogen (secondary N) is 1. The van der Waals surface area contributed by atoms with Gasteiger partial charge in [0.15, 0.2) is 0 Å². The highest BCUT2D eigenvalue weighted by atomic mass is 16.1. The first-order chi connectivity index (χ1) is 10.7. The number of aryl methyl sites for hydroxylation is 1. The van der Waals surface area contributed by atoms with Crippen LogP contribution in [-0.2, 0) is 6.54 Å². The van der Waals surface area contributed by atoms with Gasteiger partial charge in [-0.1, -0.05) is 36.4 Å². The Morgan fingerprint density at radius 2 is 1.77 bits per heavy atom. The van der Waals surface area contributed by atoms with Crippen LogP contribution < -0.4 is 10.9 Å². The molecule has 0 atom stereocenters. The van der Waals surface area contributed by atoms with Crippen LogP contribution in [0.1, 0.15) is 11.1 Å². The lowest BCUT2D eigenvalue weighted by molar-refractivity contribution is 0.954. The Kier molecular flexibility index (Phi) is 4.05. The van der Waals surface area contributed by atoms with Crippen molar-refractivity contribution in [3.05, 3.63) is 94.4 Å². The summed E-state index contributed by atoms with van der Waals surface area (Å²) in [5, 5.41) is 3.36. The Bertz CT molecular complexity index is 822. The first-order valence-electron chi connectivity index (χ1n) is 7.30. The van der Waals surface area contributed by atoms with Gasteiger partial charge in [0.1, 0.15) is 0 Å². The molecule has 0 saturated heterocycles. The minimum Gasteiger partial charge on any atom is -0.381 e. The molecule has 1 heterocycles. The van der Waals surface area contributed by atoms with Crippen LogP contribution >= 0.6 is 0 Å². The smallest absolute Gasteiger partial charge is 0.255 e. The first kappa shape index (κ1) is 14.1. The quantitative estimate of drug-likeness (QED) is 0.794. The number of hydrogen-bond donors (Lipinski definition) is 1. The lowest BCUT2D eigenvalue weighted by atomic mass is 10.2. The fourth-order valence-corrected chi connectivity index (χ4v) is 2.38. The molecule has 3 nitrogen and oxygen atoms in total. The Balaban J connectivity index is 1.85. The van der Waals surface area contributed by atoms with Gasteiger partial charge in [-0.05, 0) is 42.3 Å². The van der Waals surface area contributed by atoms with Gasteiger partial charge in [0.05, 0.1) is 0 Å². The van der Waals surface area contributed by atoms with Crippen molar-refractivity contribution < 1.29 is 0 Å². The van der Waals surface area contributed by atoms with Gasteiger partial charge in [0, 0.05) is 30.2 Å². The first-order valence-corrected chi connectivity index (χ1v) is 7.30. The average Bonchev–Trinajstić information content (AvgIpc) is 2.55. The minimum atomic E-state index is -0.0194. The van der Waals surface area contributed by atoms with Crippen LogP contribution in [-0.4, -0.2) is 4.57 Å². The molecule has 0 aliphatic heterocycles. The van der Waals surface area contributed by atoms with E-state index in [1.807, 2.05) is 73.8 Å². The summed E-state index contributed by atoms with van der Waals surface area (Å²) in [6, 6.07) is 21.5. The maximum atomic E-state index is 12.1. The number of para-hydroxylation sites is 1. The molecule has 110 valence electrons. The molecule has 0 bridgehead atoms. The summed E-state index contributed by atoms with van der Waals surface area (Å²) in [6.07, 6.45) is 1.90. The summed E-state index contributed by atoms with van der Waals surface area (Å²) in [7, 11) is 0. The molecule has 0 fully saturated rings. The second-order valence-electron chi connectivity index (χ2n) is 5.30.